The van der Waals surface area contributed by atoms with Crippen LogP contribution >= 0.6 is 0 Å². The molecule has 23 heavy (non-hydrogen) atoms. The van der Waals surface area contributed by atoms with E-state index in [0.29, 0.717) is 6.54 Å². The third-order valence-corrected chi connectivity index (χ3v) is 3.76. The molecule has 4 heteroatoms. The predicted molar refractivity (Wildman–Crippen MR) is 91.0 cm³/mol. The zero-order valence-corrected chi connectivity index (χ0v) is 12.4. The van der Waals surface area contributed by atoms with Crippen LogP contribution < -0.4 is 5.32 Å². The molecule has 0 aliphatic carbocycles. The highest BCUT2D eigenvalue weighted by atomic mass is 16.5. The fourth-order valence-electron chi connectivity index (χ4n) is 2.56. The zero-order valence-electron chi connectivity index (χ0n) is 12.4. The molecule has 0 bridgehead atoms. The highest BCUT2D eigenvalue weighted by molar-refractivity contribution is 5.91. The van der Waals surface area contributed by atoms with Crippen molar-refractivity contribution < 1.29 is 4.52 Å². The molecular weight excluding hydrogens is 286 g/mol. The van der Waals surface area contributed by atoms with Crippen LogP contribution in [0.25, 0.3) is 22.1 Å². The molecule has 4 nitrogen and oxygen atoms in total. The Morgan fingerprint density at radius 3 is 2.65 bits per heavy atom. The van der Waals surface area contributed by atoms with Gasteiger partial charge in [0.15, 0.2) is 11.4 Å². The SMILES string of the molecule is c1ccc(-c2ccc3c(NCc4cccnc4)noc3c2)cc1. The lowest BCUT2D eigenvalue weighted by Gasteiger charge is -2.03. The first-order valence-electron chi connectivity index (χ1n) is 7.48. The summed E-state index contributed by atoms with van der Waals surface area (Å²) in [5.74, 6) is 0.753. The van der Waals surface area contributed by atoms with Gasteiger partial charge >= 0.3 is 0 Å². The van der Waals surface area contributed by atoms with Crippen molar-refractivity contribution in [1.29, 1.82) is 0 Å². The van der Waals surface area contributed by atoms with Gasteiger partial charge in [0.1, 0.15) is 0 Å². The maximum Gasteiger partial charge on any atom is 0.177 e. The van der Waals surface area contributed by atoms with Gasteiger partial charge in [-0.3, -0.25) is 4.98 Å². The molecule has 1 N–H and O–H groups in total. The van der Waals surface area contributed by atoms with Crippen LogP contribution in [0.15, 0.2) is 77.6 Å². The van der Waals surface area contributed by atoms with E-state index >= 15 is 0 Å². The Morgan fingerprint density at radius 2 is 1.83 bits per heavy atom. The summed E-state index contributed by atoms with van der Waals surface area (Å²) in [6, 6.07) is 20.3. The number of hydrogen-bond donors (Lipinski definition) is 1. The van der Waals surface area contributed by atoms with Crippen molar-refractivity contribution in [3.8, 4) is 11.1 Å². The molecule has 0 amide bonds. The van der Waals surface area contributed by atoms with E-state index in [2.05, 4.69) is 33.7 Å². The standard InChI is InChI=1S/C19H15N3O/c1-2-6-15(7-3-1)16-8-9-17-18(11-16)23-22-19(17)21-13-14-5-4-10-20-12-14/h1-12H,13H2,(H,21,22). The summed E-state index contributed by atoms with van der Waals surface area (Å²) in [6.07, 6.45) is 3.60. The quantitative estimate of drug-likeness (QED) is 0.603. The second kappa shape index (κ2) is 5.93. The lowest BCUT2D eigenvalue weighted by molar-refractivity contribution is 0.459. The third-order valence-electron chi connectivity index (χ3n) is 3.76. The van der Waals surface area contributed by atoms with Gasteiger partial charge in [0.05, 0.1) is 5.39 Å². The molecule has 0 saturated heterocycles. The van der Waals surface area contributed by atoms with Crippen molar-refractivity contribution in [2.24, 2.45) is 0 Å². The lowest BCUT2D eigenvalue weighted by Crippen LogP contribution is -1.99. The van der Waals surface area contributed by atoms with E-state index in [4.69, 9.17) is 4.52 Å². The number of nitrogens with one attached hydrogen (secondary N) is 1. The fourth-order valence-corrected chi connectivity index (χ4v) is 2.56. The monoisotopic (exact) mass is 301 g/mol. The van der Waals surface area contributed by atoms with Crippen LogP contribution in [0.4, 0.5) is 5.82 Å². The molecule has 2 aromatic carbocycles. The van der Waals surface area contributed by atoms with Crippen molar-refractivity contribution >= 4 is 16.8 Å². The minimum Gasteiger partial charge on any atom is -0.363 e. The number of anilines is 1. The molecular formula is C19H15N3O. The Balaban J connectivity index is 1.60. The minimum absolute atomic E-state index is 0.663. The van der Waals surface area contributed by atoms with Crippen LogP contribution in [0.2, 0.25) is 0 Å². The second-order valence-corrected chi connectivity index (χ2v) is 5.32. The average Bonchev–Trinajstić information content (AvgIpc) is 3.04. The Hall–Kier alpha value is -3.14. The van der Waals surface area contributed by atoms with Gasteiger partial charge < -0.3 is 9.84 Å². The first kappa shape index (κ1) is 13.5. The van der Waals surface area contributed by atoms with Gasteiger partial charge in [0.2, 0.25) is 0 Å². The number of nitrogens with zero attached hydrogens (tertiary/aromatic N) is 2. The van der Waals surface area contributed by atoms with E-state index < -0.39 is 0 Å². The number of aromatic nitrogens is 2. The summed E-state index contributed by atoms with van der Waals surface area (Å²) in [5, 5.41) is 8.42. The summed E-state index contributed by atoms with van der Waals surface area (Å²) >= 11 is 0. The normalized spacial score (nSPS) is 10.8. The van der Waals surface area contributed by atoms with Crippen LogP contribution in [0.5, 0.6) is 0 Å². The third kappa shape index (κ3) is 2.79. The number of fused-ring (bicyclic) bond motifs is 1. The molecule has 4 rings (SSSR count). The molecule has 112 valence electrons. The van der Waals surface area contributed by atoms with Crippen molar-refractivity contribution in [3.05, 3.63) is 78.6 Å². The molecule has 0 spiro atoms. The molecule has 0 saturated carbocycles. The fraction of sp³-hybridized carbons (Fsp3) is 0.0526. The average molecular weight is 301 g/mol. The zero-order chi connectivity index (χ0) is 15.5. The molecule has 0 aliphatic rings. The topological polar surface area (TPSA) is 51.0 Å². The van der Waals surface area contributed by atoms with E-state index in [1.807, 2.05) is 48.7 Å². The van der Waals surface area contributed by atoms with E-state index in [-0.39, 0.29) is 0 Å². The van der Waals surface area contributed by atoms with Gasteiger partial charge in [-0.1, -0.05) is 47.6 Å². The highest BCUT2D eigenvalue weighted by Gasteiger charge is 2.09. The van der Waals surface area contributed by atoms with Crippen LogP contribution in [0, 0.1) is 0 Å². The first-order valence-corrected chi connectivity index (χ1v) is 7.48. The minimum atomic E-state index is 0.663. The van der Waals surface area contributed by atoms with Gasteiger partial charge in [-0.25, -0.2) is 0 Å². The summed E-state index contributed by atoms with van der Waals surface area (Å²) in [5.41, 5.74) is 4.16. The van der Waals surface area contributed by atoms with E-state index in [1.54, 1.807) is 6.20 Å². The molecule has 0 unspecified atom stereocenters. The predicted octanol–water partition coefficient (Wildman–Crippen LogP) is 4.50. The van der Waals surface area contributed by atoms with Gasteiger partial charge in [-0.15, -0.1) is 0 Å². The molecule has 0 aliphatic heterocycles. The van der Waals surface area contributed by atoms with Gasteiger partial charge in [0.25, 0.3) is 0 Å². The Labute approximate surface area is 133 Å². The van der Waals surface area contributed by atoms with Gasteiger partial charge in [0, 0.05) is 18.9 Å². The smallest absolute Gasteiger partial charge is 0.177 e. The molecule has 2 aromatic heterocycles. The summed E-state index contributed by atoms with van der Waals surface area (Å²) < 4.78 is 5.47. The molecule has 0 fully saturated rings. The van der Waals surface area contributed by atoms with Crippen molar-refractivity contribution in [2.45, 2.75) is 6.54 Å². The van der Waals surface area contributed by atoms with Crippen molar-refractivity contribution in [1.82, 2.24) is 10.1 Å². The van der Waals surface area contributed by atoms with Crippen LogP contribution in [-0.4, -0.2) is 10.1 Å². The maximum absolute atomic E-state index is 5.47. The summed E-state index contributed by atoms with van der Waals surface area (Å²) in [6.45, 7) is 0.663. The van der Waals surface area contributed by atoms with Crippen LogP contribution in [0.1, 0.15) is 5.56 Å². The molecule has 2 heterocycles. The van der Waals surface area contributed by atoms with Crippen LogP contribution in [-0.2, 0) is 6.54 Å². The van der Waals surface area contributed by atoms with Gasteiger partial charge in [-0.2, -0.15) is 0 Å². The second-order valence-electron chi connectivity index (χ2n) is 5.32. The Bertz CT molecular complexity index is 917. The Morgan fingerprint density at radius 1 is 0.913 bits per heavy atom. The Kier molecular flexibility index (Phi) is 3.48. The van der Waals surface area contributed by atoms with Crippen molar-refractivity contribution in [2.75, 3.05) is 5.32 Å². The number of pyridine rings is 1. The molecule has 4 aromatic rings. The maximum atomic E-state index is 5.47. The first-order chi connectivity index (χ1) is 11.4. The van der Waals surface area contributed by atoms with E-state index in [0.717, 1.165) is 33.5 Å². The number of benzene rings is 2. The van der Waals surface area contributed by atoms with Gasteiger partial charge in [-0.05, 0) is 34.9 Å². The number of hydrogen-bond acceptors (Lipinski definition) is 4. The largest absolute Gasteiger partial charge is 0.363 e. The van der Waals surface area contributed by atoms with E-state index in [1.165, 1.54) is 0 Å². The van der Waals surface area contributed by atoms with Crippen LogP contribution in [0.3, 0.4) is 0 Å². The molecule has 0 atom stereocenters. The summed E-state index contributed by atoms with van der Waals surface area (Å²) in [4.78, 5) is 4.11. The number of rotatable bonds is 4. The highest BCUT2D eigenvalue weighted by Crippen LogP contribution is 2.28. The van der Waals surface area contributed by atoms with Crippen molar-refractivity contribution in [3.63, 3.8) is 0 Å². The lowest BCUT2D eigenvalue weighted by atomic mass is 10.0. The van der Waals surface area contributed by atoms with E-state index in [9.17, 15) is 0 Å². The molecule has 0 radical (unpaired) electrons. The summed E-state index contributed by atoms with van der Waals surface area (Å²) in [7, 11) is 0.